The van der Waals surface area contributed by atoms with Crippen molar-refractivity contribution in [3.05, 3.63) is 28.2 Å². The monoisotopic (exact) mass is 233 g/mol. The van der Waals surface area contributed by atoms with E-state index >= 15 is 0 Å². The maximum atomic E-state index is 12.2. The SMILES string of the molecule is COc1cc(C2CC2)cn(C2CC(C)C2)c1=O. The fourth-order valence-corrected chi connectivity index (χ4v) is 2.74. The number of methoxy groups -OCH3 is 1. The standard InChI is InChI=1S/C14H19NO2/c1-9-5-12(6-9)15-8-11(10-3-4-10)7-13(17-2)14(15)16/h7-10,12H,3-6H2,1-2H3. The van der Waals surface area contributed by atoms with Gasteiger partial charge in [-0.2, -0.15) is 0 Å². The quantitative estimate of drug-likeness (QED) is 0.803. The Morgan fingerprint density at radius 1 is 1.35 bits per heavy atom. The lowest BCUT2D eigenvalue weighted by atomic mass is 9.81. The van der Waals surface area contributed by atoms with Crippen LogP contribution in [0.3, 0.4) is 0 Å². The molecule has 0 amide bonds. The third-order valence-electron chi connectivity index (χ3n) is 4.04. The summed E-state index contributed by atoms with van der Waals surface area (Å²) in [5.74, 6) is 1.92. The zero-order valence-corrected chi connectivity index (χ0v) is 10.5. The van der Waals surface area contributed by atoms with E-state index < -0.39 is 0 Å². The van der Waals surface area contributed by atoms with Crippen molar-refractivity contribution in [3.63, 3.8) is 0 Å². The number of nitrogens with zero attached hydrogens (tertiary/aromatic N) is 1. The summed E-state index contributed by atoms with van der Waals surface area (Å²) in [5.41, 5.74) is 1.31. The molecule has 2 aliphatic carbocycles. The van der Waals surface area contributed by atoms with Gasteiger partial charge in [0.05, 0.1) is 7.11 Å². The average molecular weight is 233 g/mol. The molecule has 2 aliphatic rings. The van der Waals surface area contributed by atoms with Crippen LogP contribution < -0.4 is 10.3 Å². The van der Waals surface area contributed by atoms with E-state index in [4.69, 9.17) is 4.74 Å². The Hall–Kier alpha value is -1.25. The minimum Gasteiger partial charge on any atom is -0.491 e. The van der Waals surface area contributed by atoms with Crippen LogP contribution in [0.5, 0.6) is 5.75 Å². The lowest BCUT2D eigenvalue weighted by molar-refractivity contribution is 0.208. The van der Waals surface area contributed by atoms with Gasteiger partial charge in [0, 0.05) is 12.2 Å². The zero-order valence-electron chi connectivity index (χ0n) is 10.5. The fraction of sp³-hybridized carbons (Fsp3) is 0.643. The Balaban J connectivity index is 2.00. The second-order valence-electron chi connectivity index (χ2n) is 5.56. The number of aromatic nitrogens is 1. The molecule has 1 heterocycles. The highest BCUT2D eigenvalue weighted by Crippen LogP contribution is 2.42. The van der Waals surface area contributed by atoms with E-state index in [0.717, 1.165) is 18.8 Å². The molecule has 0 atom stereocenters. The number of pyridine rings is 1. The highest BCUT2D eigenvalue weighted by molar-refractivity contribution is 5.30. The molecule has 0 aromatic carbocycles. The van der Waals surface area contributed by atoms with Crippen LogP contribution >= 0.6 is 0 Å². The van der Waals surface area contributed by atoms with Gasteiger partial charge in [-0.15, -0.1) is 0 Å². The molecule has 2 saturated carbocycles. The molecule has 3 rings (SSSR count). The van der Waals surface area contributed by atoms with Gasteiger partial charge in [-0.3, -0.25) is 4.79 Å². The van der Waals surface area contributed by atoms with Crippen molar-refractivity contribution in [2.75, 3.05) is 7.11 Å². The lowest BCUT2D eigenvalue weighted by Gasteiger charge is -2.34. The van der Waals surface area contributed by atoms with E-state index in [2.05, 4.69) is 13.1 Å². The van der Waals surface area contributed by atoms with Gasteiger partial charge in [-0.05, 0) is 49.1 Å². The van der Waals surface area contributed by atoms with E-state index in [0.29, 0.717) is 17.7 Å². The summed E-state index contributed by atoms with van der Waals surface area (Å²) in [4.78, 5) is 12.2. The molecule has 1 aromatic heterocycles. The van der Waals surface area contributed by atoms with Gasteiger partial charge in [0.15, 0.2) is 5.75 Å². The normalized spacial score (nSPS) is 27.6. The van der Waals surface area contributed by atoms with Gasteiger partial charge < -0.3 is 9.30 Å². The molecule has 0 saturated heterocycles. The largest absolute Gasteiger partial charge is 0.491 e. The second kappa shape index (κ2) is 3.90. The van der Waals surface area contributed by atoms with Gasteiger partial charge in [-0.1, -0.05) is 6.92 Å². The zero-order chi connectivity index (χ0) is 12.0. The summed E-state index contributed by atoms with van der Waals surface area (Å²) in [6.45, 7) is 2.24. The predicted molar refractivity (Wildman–Crippen MR) is 66.7 cm³/mol. The Morgan fingerprint density at radius 2 is 2.06 bits per heavy atom. The molecule has 0 bridgehead atoms. The van der Waals surface area contributed by atoms with E-state index in [1.165, 1.54) is 18.4 Å². The van der Waals surface area contributed by atoms with Crippen LogP contribution in [-0.4, -0.2) is 11.7 Å². The first-order chi connectivity index (χ1) is 8.19. The van der Waals surface area contributed by atoms with Gasteiger partial charge >= 0.3 is 0 Å². The topological polar surface area (TPSA) is 31.2 Å². The summed E-state index contributed by atoms with van der Waals surface area (Å²) in [5, 5.41) is 0. The predicted octanol–water partition coefficient (Wildman–Crippen LogP) is 2.71. The second-order valence-corrected chi connectivity index (χ2v) is 5.56. The minimum atomic E-state index is 0.0359. The maximum Gasteiger partial charge on any atom is 0.293 e. The molecule has 0 radical (unpaired) electrons. The lowest BCUT2D eigenvalue weighted by Crippen LogP contribution is -2.33. The van der Waals surface area contributed by atoms with Crippen LogP contribution in [0.25, 0.3) is 0 Å². The summed E-state index contributed by atoms with van der Waals surface area (Å²) in [6.07, 6.45) is 6.82. The van der Waals surface area contributed by atoms with Gasteiger partial charge in [-0.25, -0.2) is 0 Å². The molecular weight excluding hydrogens is 214 g/mol. The Kier molecular flexibility index (Phi) is 2.49. The molecule has 2 fully saturated rings. The Morgan fingerprint density at radius 3 is 2.59 bits per heavy atom. The van der Waals surface area contributed by atoms with Crippen LogP contribution in [0.2, 0.25) is 0 Å². The maximum absolute atomic E-state index is 12.2. The molecule has 0 N–H and O–H groups in total. The average Bonchev–Trinajstić information content (AvgIpc) is 3.09. The molecule has 0 unspecified atom stereocenters. The van der Waals surface area contributed by atoms with Crippen molar-refractivity contribution in [1.82, 2.24) is 4.57 Å². The molecule has 3 heteroatoms. The molecule has 92 valence electrons. The van der Waals surface area contributed by atoms with Gasteiger partial charge in [0.1, 0.15) is 0 Å². The summed E-state index contributed by atoms with van der Waals surface area (Å²) in [7, 11) is 1.58. The first kappa shape index (κ1) is 10.9. The first-order valence-electron chi connectivity index (χ1n) is 6.49. The van der Waals surface area contributed by atoms with Crippen LogP contribution in [0.4, 0.5) is 0 Å². The van der Waals surface area contributed by atoms with Crippen molar-refractivity contribution in [2.24, 2.45) is 5.92 Å². The summed E-state index contributed by atoms with van der Waals surface area (Å²) < 4.78 is 7.13. The summed E-state index contributed by atoms with van der Waals surface area (Å²) >= 11 is 0. The van der Waals surface area contributed by atoms with Gasteiger partial charge in [0.25, 0.3) is 5.56 Å². The van der Waals surface area contributed by atoms with Crippen LogP contribution in [0.15, 0.2) is 17.1 Å². The van der Waals surface area contributed by atoms with Crippen LogP contribution in [0.1, 0.15) is 50.1 Å². The first-order valence-corrected chi connectivity index (χ1v) is 6.49. The number of ether oxygens (including phenoxy) is 1. The van der Waals surface area contributed by atoms with Crippen molar-refractivity contribution in [2.45, 2.75) is 44.6 Å². The van der Waals surface area contributed by atoms with Crippen molar-refractivity contribution in [3.8, 4) is 5.75 Å². The molecule has 3 nitrogen and oxygen atoms in total. The molecule has 17 heavy (non-hydrogen) atoms. The Labute approximate surface area is 101 Å². The highest BCUT2D eigenvalue weighted by Gasteiger charge is 2.31. The van der Waals surface area contributed by atoms with Gasteiger partial charge in [0.2, 0.25) is 0 Å². The van der Waals surface area contributed by atoms with Crippen LogP contribution in [-0.2, 0) is 0 Å². The molecule has 0 aliphatic heterocycles. The molecule has 1 aromatic rings. The third-order valence-corrected chi connectivity index (χ3v) is 4.04. The smallest absolute Gasteiger partial charge is 0.293 e. The van der Waals surface area contributed by atoms with E-state index in [9.17, 15) is 4.79 Å². The highest BCUT2D eigenvalue weighted by atomic mass is 16.5. The number of rotatable bonds is 3. The summed E-state index contributed by atoms with van der Waals surface area (Å²) in [6, 6.07) is 2.32. The van der Waals surface area contributed by atoms with Crippen molar-refractivity contribution in [1.29, 1.82) is 0 Å². The van der Waals surface area contributed by atoms with Crippen LogP contribution in [0, 0.1) is 5.92 Å². The third kappa shape index (κ3) is 1.88. The minimum absolute atomic E-state index is 0.0359. The van der Waals surface area contributed by atoms with E-state index in [1.54, 1.807) is 7.11 Å². The molecular formula is C14H19NO2. The van der Waals surface area contributed by atoms with E-state index in [-0.39, 0.29) is 5.56 Å². The van der Waals surface area contributed by atoms with Crippen molar-refractivity contribution < 1.29 is 4.74 Å². The van der Waals surface area contributed by atoms with E-state index in [1.807, 2.05) is 10.6 Å². The Bertz CT molecular complexity index is 481. The van der Waals surface area contributed by atoms with Crippen molar-refractivity contribution >= 4 is 0 Å². The fourth-order valence-electron chi connectivity index (χ4n) is 2.74. The number of hydrogen-bond donors (Lipinski definition) is 0. The number of hydrogen-bond acceptors (Lipinski definition) is 2. The molecule has 0 spiro atoms.